The zero-order valence-corrected chi connectivity index (χ0v) is 19.5. The number of nitriles is 1. The van der Waals surface area contributed by atoms with E-state index in [0.717, 1.165) is 5.56 Å². The summed E-state index contributed by atoms with van der Waals surface area (Å²) in [5, 5.41) is 30.7. The van der Waals surface area contributed by atoms with Crippen LogP contribution in [0.1, 0.15) is 36.8 Å². The molecule has 35 heavy (non-hydrogen) atoms. The SMILES string of the molecule is C[C@@]1(O)[C@H](O)C(CO[P@]2(=O)OCC[C@H](c3ccc(C#N)cc3)O2)O[C@H]1n1cnc2c(N)ncnc21. The van der Waals surface area contributed by atoms with E-state index in [1.807, 2.05) is 6.07 Å². The van der Waals surface area contributed by atoms with Gasteiger partial charge in [-0.05, 0) is 24.6 Å². The second-order valence-electron chi connectivity index (χ2n) is 8.47. The number of nitrogens with two attached hydrogens (primary N) is 1. The molecule has 184 valence electrons. The number of nitrogen functional groups attached to an aromatic ring is 1. The van der Waals surface area contributed by atoms with Gasteiger partial charge in [0, 0.05) is 6.42 Å². The standard InChI is InChI=1S/C21H23N6O7P/c1-21(29)17(28)15(33-20(21)27-11-26-16-18(23)24-10-25-19(16)27)9-32-35(30)31-7-6-14(34-35)13-4-2-12(8-22)3-5-13/h2-5,10-11,14-15,17,20,28-29H,6-7,9H2,1H3,(H2,23,24,25)/t14-,15?,17-,20-,21-,35+/m1/s1. The van der Waals surface area contributed by atoms with E-state index in [-0.39, 0.29) is 19.0 Å². The van der Waals surface area contributed by atoms with Crippen molar-refractivity contribution in [2.75, 3.05) is 18.9 Å². The number of nitrogens with zero attached hydrogens (tertiary/aromatic N) is 5. The van der Waals surface area contributed by atoms with E-state index in [1.54, 1.807) is 24.3 Å². The maximum absolute atomic E-state index is 13.1. The average Bonchev–Trinajstić information content (AvgIpc) is 3.37. The number of imidazole rings is 1. The van der Waals surface area contributed by atoms with Crippen molar-refractivity contribution in [3.8, 4) is 6.07 Å². The van der Waals surface area contributed by atoms with Crippen molar-refractivity contribution in [2.45, 2.75) is 43.5 Å². The smallest absolute Gasteiger partial charge is 0.387 e. The largest absolute Gasteiger partial charge is 0.475 e. The highest BCUT2D eigenvalue weighted by Crippen LogP contribution is 2.57. The van der Waals surface area contributed by atoms with Crippen LogP contribution in [0.2, 0.25) is 0 Å². The molecule has 0 amide bonds. The van der Waals surface area contributed by atoms with Gasteiger partial charge in [0.25, 0.3) is 0 Å². The number of aliphatic hydroxyl groups is 2. The number of anilines is 1. The lowest BCUT2D eigenvalue weighted by Gasteiger charge is -2.30. The van der Waals surface area contributed by atoms with Gasteiger partial charge < -0.3 is 20.7 Å². The van der Waals surface area contributed by atoms with Crippen LogP contribution < -0.4 is 5.73 Å². The summed E-state index contributed by atoms with van der Waals surface area (Å²) >= 11 is 0. The fourth-order valence-corrected chi connectivity index (χ4v) is 5.56. The van der Waals surface area contributed by atoms with Gasteiger partial charge in [-0.25, -0.2) is 19.5 Å². The summed E-state index contributed by atoms with van der Waals surface area (Å²) < 4.78 is 36.9. The first-order valence-electron chi connectivity index (χ1n) is 10.8. The lowest BCUT2D eigenvalue weighted by molar-refractivity contribution is -0.0953. The molecule has 2 aliphatic heterocycles. The van der Waals surface area contributed by atoms with Crippen molar-refractivity contribution in [1.29, 1.82) is 5.26 Å². The van der Waals surface area contributed by atoms with Crippen molar-refractivity contribution >= 4 is 24.8 Å². The van der Waals surface area contributed by atoms with Gasteiger partial charge in [0.1, 0.15) is 29.7 Å². The number of aliphatic hydroxyl groups excluding tert-OH is 1. The van der Waals surface area contributed by atoms with E-state index in [4.69, 9.17) is 29.3 Å². The number of hydrogen-bond donors (Lipinski definition) is 3. The zero-order valence-electron chi connectivity index (χ0n) is 18.6. The second kappa shape index (κ2) is 8.92. The van der Waals surface area contributed by atoms with Gasteiger partial charge in [0.2, 0.25) is 0 Å². The number of benzene rings is 1. The molecule has 0 spiro atoms. The average molecular weight is 502 g/mol. The van der Waals surface area contributed by atoms with Crippen molar-refractivity contribution in [3.05, 3.63) is 48.0 Å². The summed E-state index contributed by atoms with van der Waals surface area (Å²) in [6.45, 7) is 1.14. The normalized spacial score (nSPS) is 33.1. The van der Waals surface area contributed by atoms with E-state index >= 15 is 0 Å². The highest BCUT2D eigenvalue weighted by atomic mass is 31.2. The zero-order chi connectivity index (χ0) is 24.8. The van der Waals surface area contributed by atoms with E-state index in [0.29, 0.717) is 23.1 Å². The van der Waals surface area contributed by atoms with Crippen LogP contribution in [-0.4, -0.2) is 60.8 Å². The predicted octanol–water partition coefficient (Wildman–Crippen LogP) is 1.59. The summed E-state index contributed by atoms with van der Waals surface area (Å²) in [5.74, 6) is 0.160. The molecule has 0 saturated carbocycles. The number of aromatic nitrogens is 4. The minimum atomic E-state index is -3.99. The molecule has 2 fully saturated rings. The molecule has 1 aromatic carbocycles. The van der Waals surface area contributed by atoms with Gasteiger partial charge >= 0.3 is 7.82 Å². The fraction of sp³-hybridized carbons (Fsp3) is 0.429. The van der Waals surface area contributed by atoms with Gasteiger partial charge in [0.05, 0.1) is 37.3 Å². The summed E-state index contributed by atoms with van der Waals surface area (Å²) in [4.78, 5) is 12.2. The Hall–Kier alpha value is -2.95. The first-order chi connectivity index (χ1) is 16.7. The van der Waals surface area contributed by atoms with Crippen LogP contribution in [0.5, 0.6) is 0 Å². The van der Waals surface area contributed by atoms with Crippen LogP contribution in [0.3, 0.4) is 0 Å². The Morgan fingerprint density at radius 1 is 1.34 bits per heavy atom. The van der Waals surface area contributed by atoms with E-state index in [1.165, 1.54) is 24.1 Å². The van der Waals surface area contributed by atoms with E-state index in [9.17, 15) is 14.8 Å². The first-order valence-corrected chi connectivity index (χ1v) is 12.2. The summed E-state index contributed by atoms with van der Waals surface area (Å²) in [7, 11) is -3.99. The third-order valence-corrected chi connectivity index (χ3v) is 7.57. The van der Waals surface area contributed by atoms with Gasteiger partial charge in [-0.1, -0.05) is 12.1 Å². The Morgan fingerprint density at radius 2 is 2.11 bits per heavy atom. The molecule has 4 heterocycles. The molecule has 6 atom stereocenters. The van der Waals surface area contributed by atoms with Crippen LogP contribution in [-0.2, 0) is 22.9 Å². The van der Waals surface area contributed by atoms with Crippen LogP contribution >= 0.6 is 7.82 Å². The highest BCUT2D eigenvalue weighted by Gasteiger charge is 2.54. The Kier molecular flexibility index (Phi) is 6.06. The second-order valence-corrected chi connectivity index (χ2v) is 10.1. The van der Waals surface area contributed by atoms with Crippen molar-refractivity contribution in [3.63, 3.8) is 0 Å². The quantitative estimate of drug-likeness (QED) is 0.428. The third-order valence-electron chi connectivity index (χ3n) is 6.09. The van der Waals surface area contributed by atoms with Crippen LogP contribution in [0.4, 0.5) is 5.82 Å². The van der Waals surface area contributed by atoms with Crippen LogP contribution in [0.15, 0.2) is 36.9 Å². The van der Waals surface area contributed by atoms with E-state index < -0.39 is 38.0 Å². The summed E-state index contributed by atoms with van der Waals surface area (Å²) in [5.41, 5.74) is 5.92. The first kappa shape index (κ1) is 23.8. The van der Waals surface area contributed by atoms with Gasteiger partial charge in [-0.3, -0.25) is 18.1 Å². The molecule has 0 radical (unpaired) electrons. The van der Waals surface area contributed by atoms with Crippen molar-refractivity contribution in [2.24, 2.45) is 0 Å². The Balaban J connectivity index is 1.29. The number of ether oxygens (including phenoxy) is 1. The molecule has 14 heteroatoms. The maximum Gasteiger partial charge on any atom is 0.475 e. The molecular weight excluding hydrogens is 479 g/mol. The van der Waals surface area contributed by atoms with E-state index in [2.05, 4.69) is 15.0 Å². The molecule has 5 rings (SSSR count). The number of fused-ring (bicyclic) bond motifs is 1. The van der Waals surface area contributed by atoms with Crippen molar-refractivity contribution in [1.82, 2.24) is 19.5 Å². The molecule has 2 aliphatic rings. The topological polar surface area (TPSA) is 188 Å². The Labute approximate surface area is 199 Å². The summed E-state index contributed by atoms with van der Waals surface area (Å²) in [6.07, 6.45) is -1.06. The molecule has 3 aromatic rings. The van der Waals surface area contributed by atoms with Crippen LogP contribution in [0, 0.1) is 11.3 Å². The highest BCUT2D eigenvalue weighted by molar-refractivity contribution is 7.48. The molecule has 0 aliphatic carbocycles. The predicted molar refractivity (Wildman–Crippen MR) is 119 cm³/mol. The number of phosphoric ester groups is 1. The number of rotatable bonds is 5. The van der Waals surface area contributed by atoms with Gasteiger partial charge in [-0.15, -0.1) is 0 Å². The fourth-order valence-electron chi connectivity index (χ4n) is 4.16. The lowest BCUT2D eigenvalue weighted by Crippen LogP contribution is -2.44. The maximum atomic E-state index is 13.1. The van der Waals surface area contributed by atoms with Gasteiger partial charge in [0.15, 0.2) is 17.7 Å². The minimum absolute atomic E-state index is 0.124. The van der Waals surface area contributed by atoms with Crippen molar-refractivity contribution < 1.29 is 33.1 Å². The number of hydrogen-bond acceptors (Lipinski definition) is 12. The van der Waals surface area contributed by atoms with Gasteiger partial charge in [-0.2, -0.15) is 5.26 Å². The minimum Gasteiger partial charge on any atom is -0.387 e. The number of phosphoric acid groups is 1. The Bertz CT molecular complexity index is 1320. The molecule has 0 bridgehead atoms. The molecule has 13 nitrogen and oxygen atoms in total. The molecule has 2 saturated heterocycles. The van der Waals surface area contributed by atoms with Crippen LogP contribution in [0.25, 0.3) is 11.2 Å². The molecule has 1 unspecified atom stereocenters. The Morgan fingerprint density at radius 3 is 2.86 bits per heavy atom. The monoisotopic (exact) mass is 502 g/mol. The molecular formula is C21H23N6O7P. The molecule has 2 aromatic heterocycles. The molecule has 4 N–H and O–H groups in total. The summed E-state index contributed by atoms with van der Waals surface area (Å²) in [6, 6.07) is 8.76. The third kappa shape index (κ3) is 4.30. The lowest BCUT2D eigenvalue weighted by atomic mass is 9.96.